The predicted molar refractivity (Wildman–Crippen MR) is 111 cm³/mol. The summed E-state index contributed by atoms with van der Waals surface area (Å²) in [6.07, 6.45) is 5.83. The van der Waals surface area contributed by atoms with Crippen molar-refractivity contribution >= 4 is 16.9 Å². The van der Waals surface area contributed by atoms with Crippen LogP contribution in [0.4, 0.5) is 0 Å². The molecular formula is C21H31N3O3S. The summed E-state index contributed by atoms with van der Waals surface area (Å²) in [6.45, 7) is 4.01. The molecule has 1 amide bonds. The van der Waals surface area contributed by atoms with Gasteiger partial charge in [-0.05, 0) is 18.9 Å². The molecule has 0 radical (unpaired) electrons. The van der Waals surface area contributed by atoms with Gasteiger partial charge in [0.05, 0.1) is 23.4 Å². The highest BCUT2D eigenvalue weighted by Gasteiger charge is 2.54. The molecule has 2 aliphatic rings. The number of unbranched alkanes of at least 4 members (excludes halogenated alkanes) is 1. The second-order valence-corrected chi connectivity index (χ2v) is 9.24. The molecule has 0 bridgehead atoms. The van der Waals surface area contributed by atoms with Crippen LogP contribution in [-0.2, 0) is 15.8 Å². The lowest BCUT2D eigenvalue weighted by Crippen LogP contribution is -2.61. The lowest BCUT2D eigenvalue weighted by Gasteiger charge is -2.43. The molecule has 6 atom stereocenters. The topological polar surface area (TPSA) is 64.1 Å². The summed E-state index contributed by atoms with van der Waals surface area (Å²) in [7, 11) is 2.28. The predicted octanol–water partition coefficient (Wildman–Crippen LogP) is 2.26. The minimum atomic E-state index is -1.46. The zero-order valence-electron chi connectivity index (χ0n) is 17.1. The SMILES string of the molecule is CCCC[C@H](O)[C@@H]1C=C[C@H]2[C@H](C(=O)N([C@H](C)c3ccccc3)S2=O)N1N(C)C. The first-order valence-electron chi connectivity index (χ1n) is 9.99. The molecule has 1 aromatic carbocycles. The van der Waals surface area contributed by atoms with E-state index < -0.39 is 28.4 Å². The van der Waals surface area contributed by atoms with Crippen LogP contribution in [0.3, 0.4) is 0 Å². The van der Waals surface area contributed by atoms with Crippen molar-refractivity contribution in [3.8, 4) is 0 Å². The monoisotopic (exact) mass is 405 g/mol. The Bertz CT molecular complexity index is 740. The summed E-state index contributed by atoms with van der Waals surface area (Å²) in [5.41, 5.74) is 0.961. The minimum Gasteiger partial charge on any atom is -0.391 e. The van der Waals surface area contributed by atoms with Gasteiger partial charge in [0, 0.05) is 14.1 Å². The highest BCUT2D eigenvalue weighted by atomic mass is 32.2. The summed E-state index contributed by atoms with van der Waals surface area (Å²) >= 11 is 0. The van der Waals surface area contributed by atoms with Crippen molar-refractivity contribution in [1.29, 1.82) is 0 Å². The van der Waals surface area contributed by atoms with E-state index >= 15 is 0 Å². The van der Waals surface area contributed by atoms with Crippen LogP contribution < -0.4 is 0 Å². The van der Waals surface area contributed by atoms with Crippen molar-refractivity contribution in [3.05, 3.63) is 48.0 Å². The zero-order valence-corrected chi connectivity index (χ0v) is 17.9. The summed E-state index contributed by atoms with van der Waals surface area (Å²) < 4.78 is 14.7. The van der Waals surface area contributed by atoms with E-state index in [1.165, 1.54) is 4.31 Å². The van der Waals surface area contributed by atoms with Gasteiger partial charge in [-0.2, -0.15) is 0 Å². The Labute approximate surface area is 170 Å². The van der Waals surface area contributed by atoms with Gasteiger partial charge in [-0.1, -0.05) is 62.2 Å². The number of carbonyl (C=O) groups is 1. The highest BCUT2D eigenvalue weighted by Crippen LogP contribution is 2.37. The van der Waals surface area contributed by atoms with E-state index in [0.717, 1.165) is 18.4 Å². The first-order chi connectivity index (χ1) is 13.4. The van der Waals surface area contributed by atoms with E-state index in [1.54, 1.807) is 0 Å². The Morgan fingerprint density at radius 3 is 2.50 bits per heavy atom. The molecule has 0 aromatic heterocycles. The first kappa shape index (κ1) is 21.2. The lowest BCUT2D eigenvalue weighted by molar-refractivity contribution is -0.144. The molecule has 0 saturated carbocycles. The number of rotatable bonds is 7. The van der Waals surface area contributed by atoms with Crippen LogP contribution in [0.2, 0.25) is 0 Å². The largest absolute Gasteiger partial charge is 0.391 e. The molecule has 3 rings (SSSR count). The molecular weight excluding hydrogens is 374 g/mol. The molecule has 0 aliphatic carbocycles. The average molecular weight is 406 g/mol. The number of hydrazine groups is 1. The van der Waals surface area contributed by atoms with Crippen LogP contribution in [0.1, 0.15) is 44.7 Å². The molecule has 1 N–H and O–H groups in total. The molecule has 1 fully saturated rings. The number of amides is 1. The number of aliphatic hydroxyl groups excluding tert-OH is 1. The van der Waals surface area contributed by atoms with Gasteiger partial charge in [0.25, 0.3) is 5.91 Å². The molecule has 0 spiro atoms. The summed E-state index contributed by atoms with van der Waals surface area (Å²) in [5, 5.41) is 14.1. The normalized spacial score (nSPS) is 29.9. The Morgan fingerprint density at radius 2 is 1.89 bits per heavy atom. The fourth-order valence-electron chi connectivity index (χ4n) is 4.15. The smallest absolute Gasteiger partial charge is 0.255 e. The fourth-order valence-corrected chi connectivity index (χ4v) is 5.82. The zero-order chi connectivity index (χ0) is 20.4. The van der Waals surface area contributed by atoms with Crippen LogP contribution in [0.5, 0.6) is 0 Å². The van der Waals surface area contributed by atoms with Crippen LogP contribution in [0, 0.1) is 0 Å². The molecule has 6 nitrogen and oxygen atoms in total. The Hall–Kier alpha value is -1.54. The standard InChI is InChI=1S/C21H31N3O3S/c1-5-6-12-18(25)17-13-14-19-20(23(17)22(3)4)21(26)24(28(19)27)15(2)16-10-8-7-9-11-16/h7-11,13-15,17-20,25H,5-6,12H2,1-4H3/t15-,17+,18+,19+,20-,28?/m1/s1. The van der Waals surface area contributed by atoms with Gasteiger partial charge in [0.2, 0.25) is 0 Å². The van der Waals surface area contributed by atoms with Gasteiger partial charge in [-0.3, -0.25) is 9.10 Å². The minimum absolute atomic E-state index is 0.148. The lowest BCUT2D eigenvalue weighted by atomic mass is 9.96. The Morgan fingerprint density at radius 1 is 1.21 bits per heavy atom. The number of fused-ring (bicyclic) bond motifs is 1. The number of benzene rings is 1. The van der Waals surface area contributed by atoms with Crippen molar-refractivity contribution in [3.63, 3.8) is 0 Å². The first-order valence-corrected chi connectivity index (χ1v) is 11.2. The number of aliphatic hydroxyl groups is 1. The van der Waals surface area contributed by atoms with Gasteiger partial charge < -0.3 is 5.11 Å². The third-order valence-corrected chi connectivity index (χ3v) is 7.40. The maximum atomic E-state index is 13.4. The van der Waals surface area contributed by atoms with E-state index in [9.17, 15) is 14.1 Å². The quantitative estimate of drug-likeness (QED) is 0.705. The molecule has 1 unspecified atom stereocenters. The van der Waals surface area contributed by atoms with Gasteiger partial charge >= 0.3 is 0 Å². The van der Waals surface area contributed by atoms with Crippen LogP contribution in [0.25, 0.3) is 0 Å². The maximum Gasteiger partial charge on any atom is 0.255 e. The third kappa shape index (κ3) is 3.81. The van der Waals surface area contributed by atoms with E-state index in [4.69, 9.17) is 0 Å². The van der Waals surface area contributed by atoms with Crippen molar-refractivity contribution in [2.45, 2.75) is 62.6 Å². The van der Waals surface area contributed by atoms with Crippen LogP contribution in [-0.4, -0.2) is 67.1 Å². The maximum absolute atomic E-state index is 13.4. The summed E-state index contributed by atoms with van der Waals surface area (Å²) in [4.78, 5) is 13.4. The summed E-state index contributed by atoms with van der Waals surface area (Å²) in [5.74, 6) is -0.148. The van der Waals surface area contributed by atoms with Crippen molar-refractivity contribution in [2.75, 3.05) is 14.1 Å². The second kappa shape index (κ2) is 8.86. The molecule has 2 heterocycles. The number of hydrogen-bond acceptors (Lipinski definition) is 5. The van der Waals surface area contributed by atoms with E-state index in [2.05, 4.69) is 6.92 Å². The molecule has 2 aliphatic heterocycles. The third-order valence-electron chi connectivity index (χ3n) is 5.64. The Balaban J connectivity index is 1.90. The van der Waals surface area contributed by atoms with Crippen molar-refractivity contribution in [2.24, 2.45) is 0 Å². The average Bonchev–Trinajstić information content (AvgIpc) is 2.95. The van der Waals surface area contributed by atoms with Crippen LogP contribution >= 0.6 is 0 Å². The molecule has 7 heteroatoms. The van der Waals surface area contributed by atoms with Crippen LogP contribution in [0.15, 0.2) is 42.5 Å². The molecule has 28 heavy (non-hydrogen) atoms. The number of hydrogen-bond donors (Lipinski definition) is 1. The number of nitrogens with zero attached hydrogens (tertiary/aromatic N) is 3. The van der Waals surface area contributed by atoms with Gasteiger partial charge in [-0.25, -0.2) is 14.2 Å². The van der Waals surface area contributed by atoms with Crippen molar-refractivity contribution < 1.29 is 14.1 Å². The van der Waals surface area contributed by atoms with E-state index in [0.29, 0.717) is 6.42 Å². The van der Waals surface area contributed by atoms with E-state index in [-0.39, 0.29) is 18.0 Å². The Kier molecular flexibility index (Phi) is 6.70. The van der Waals surface area contributed by atoms with E-state index in [1.807, 2.05) is 73.5 Å². The van der Waals surface area contributed by atoms with Gasteiger partial charge in [0.15, 0.2) is 0 Å². The van der Waals surface area contributed by atoms with Gasteiger partial charge in [-0.15, -0.1) is 0 Å². The summed E-state index contributed by atoms with van der Waals surface area (Å²) in [6, 6.07) is 8.55. The molecule has 154 valence electrons. The van der Waals surface area contributed by atoms with Crippen molar-refractivity contribution in [1.82, 2.24) is 14.3 Å². The fraction of sp³-hybridized carbons (Fsp3) is 0.571. The molecule has 1 saturated heterocycles. The highest BCUT2D eigenvalue weighted by molar-refractivity contribution is 7.84. The van der Waals surface area contributed by atoms with Gasteiger partial charge in [0.1, 0.15) is 17.0 Å². The number of carbonyl (C=O) groups excluding carboxylic acids is 1. The second-order valence-electron chi connectivity index (χ2n) is 7.75. The molecule has 1 aromatic rings.